The normalized spacial score (nSPS) is 14.6. The lowest BCUT2D eigenvalue weighted by atomic mass is 9.90. The molecule has 0 radical (unpaired) electrons. The zero-order chi connectivity index (χ0) is 12.3. The minimum Gasteiger partial charge on any atom is -0.493 e. The van der Waals surface area contributed by atoms with Crippen molar-refractivity contribution < 1.29 is 9.53 Å². The molecule has 16 heavy (non-hydrogen) atoms. The van der Waals surface area contributed by atoms with Gasteiger partial charge in [0, 0.05) is 7.05 Å². The van der Waals surface area contributed by atoms with Gasteiger partial charge in [0.25, 0.3) is 0 Å². The van der Waals surface area contributed by atoms with E-state index in [9.17, 15) is 4.79 Å². The van der Waals surface area contributed by atoms with Crippen molar-refractivity contribution in [2.24, 2.45) is 12.8 Å². The van der Waals surface area contributed by atoms with Gasteiger partial charge >= 0.3 is 0 Å². The average molecular weight is 225 g/mol. The average Bonchev–Trinajstić information content (AvgIpc) is 2.58. The predicted molar refractivity (Wildman–Crippen MR) is 61.6 cm³/mol. The van der Waals surface area contributed by atoms with Crippen LogP contribution < -0.4 is 10.5 Å². The Morgan fingerprint density at radius 2 is 2.31 bits per heavy atom. The van der Waals surface area contributed by atoms with E-state index >= 15 is 0 Å². The van der Waals surface area contributed by atoms with Gasteiger partial charge in [-0.1, -0.05) is 13.3 Å². The number of carbonyl (C=O) groups excluding carboxylic acids is 1. The Morgan fingerprint density at radius 1 is 1.69 bits per heavy atom. The predicted octanol–water partition coefficient (Wildman–Crippen LogP) is 1.13. The van der Waals surface area contributed by atoms with E-state index in [4.69, 9.17) is 10.5 Å². The van der Waals surface area contributed by atoms with Crippen LogP contribution in [0.15, 0.2) is 6.20 Å². The Bertz CT molecular complexity index is 383. The van der Waals surface area contributed by atoms with Crippen LogP contribution >= 0.6 is 0 Å². The van der Waals surface area contributed by atoms with Crippen LogP contribution in [0.2, 0.25) is 0 Å². The Kier molecular flexibility index (Phi) is 3.70. The molecule has 1 aromatic heterocycles. The van der Waals surface area contributed by atoms with E-state index in [1.54, 1.807) is 14.0 Å². The lowest BCUT2D eigenvalue weighted by Crippen LogP contribution is -2.45. The van der Waals surface area contributed by atoms with Crippen molar-refractivity contribution in [3.63, 3.8) is 0 Å². The standard InChI is InChI=1S/C11H19N3O2/c1-5-6-11(2,12)10(15)9-8(16-4)7-13-14(9)3/h7H,5-6,12H2,1-4H3. The van der Waals surface area contributed by atoms with Crippen molar-refractivity contribution in [2.75, 3.05) is 7.11 Å². The lowest BCUT2D eigenvalue weighted by Gasteiger charge is -2.22. The molecule has 0 aromatic carbocycles. The molecule has 1 atom stereocenters. The number of hydrogen-bond acceptors (Lipinski definition) is 4. The zero-order valence-electron chi connectivity index (χ0n) is 10.3. The Morgan fingerprint density at radius 3 is 2.81 bits per heavy atom. The Balaban J connectivity index is 3.08. The first kappa shape index (κ1) is 12.7. The molecule has 0 amide bonds. The topological polar surface area (TPSA) is 70.1 Å². The molecule has 0 aliphatic heterocycles. The summed E-state index contributed by atoms with van der Waals surface area (Å²) in [4.78, 5) is 12.3. The van der Waals surface area contributed by atoms with Crippen LogP contribution in [0.25, 0.3) is 0 Å². The number of ether oxygens (including phenoxy) is 1. The summed E-state index contributed by atoms with van der Waals surface area (Å²) in [5.74, 6) is 0.339. The van der Waals surface area contributed by atoms with E-state index in [1.807, 2.05) is 6.92 Å². The highest BCUT2D eigenvalue weighted by molar-refractivity contribution is 6.03. The van der Waals surface area contributed by atoms with Gasteiger partial charge < -0.3 is 10.5 Å². The molecule has 1 rings (SSSR count). The second-order valence-electron chi connectivity index (χ2n) is 4.18. The van der Waals surface area contributed by atoms with Crippen molar-refractivity contribution >= 4 is 5.78 Å². The molecule has 1 unspecified atom stereocenters. The lowest BCUT2D eigenvalue weighted by molar-refractivity contribution is 0.0880. The molecule has 0 bridgehead atoms. The molecule has 5 nitrogen and oxygen atoms in total. The summed E-state index contributed by atoms with van der Waals surface area (Å²) in [6, 6.07) is 0. The number of aromatic nitrogens is 2. The van der Waals surface area contributed by atoms with E-state index in [0.717, 1.165) is 6.42 Å². The number of hydrogen-bond donors (Lipinski definition) is 1. The van der Waals surface area contributed by atoms with E-state index in [2.05, 4.69) is 5.10 Å². The van der Waals surface area contributed by atoms with Crippen LogP contribution in [-0.4, -0.2) is 28.2 Å². The smallest absolute Gasteiger partial charge is 0.204 e. The molecule has 5 heteroatoms. The van der Waals surface area contributed by atoms with Crippen LogP contribution in [0, 0.1) is 0 Å². The van der Waals surface area contributed by atoms with Gasteiger partial charge in [-0.15, -0.1) is 0 Å². The highest BCUT2D eigenvalue weighted by Crippen LogP contribution is 2.23. The largest absolute Gasteiger partial charge is 0.493 e. The third-order valence-corrected chi connectivity index (χ3v) is 2.63. The third-order valence-electron chi connectivity index (χ3n) is 2.63. The number of rotatable bonds is 5. The summed E-state index contributed by atoms with van der Waals surface area (Å²) >= 11 is 0. The van der Waals surface area contributed by atoms with Crippen molar-refractivity contribution in [3.8, 4) is 5.75 Å². The van der Waals surface area contributed by atoms with Crippen LogP contribution in [0.4, 0.5) is 0 Å². The molecule has 0 aliphatic carbocycles. The molecular weight excluding hydrogens is 206 g/mol. The monoisotopic (exact) mass is 225 g/mol. The number of ketones is 1. The summed E-state index contributed by atoms with van der Waals surface area (Å²) in [5.41, 5.74) is 5.57. The van der Waals surface area contributed by atoms with Gasteiger partial charge in [-0.3, -0.25) is 9.48 Å². The number of methoxy groups -OCH3 is 1. The van der Waals surface area contributed by atoms with Crippen molar-refractivity contribution in [2.45, 2.75) is 32.2 Å². The fraction of sp³-hybridized carbons (Fsp3) is 0.636. The van der Waals surface area contributed by atoms with Gasteiger partial charge in [-0.05, 0) is 13.3 Å². The SMILES string of the molecule is CCCC(C)(N)C(=O)c1c(OC)cnn1C. The number of nitrogens with zero attached hydrogens (tertiary/aromatic N) is 2. The highest BCUT2D eigenvalue weighted by atomic mass is 16.5. The quantitative estimate of drug-likeness (QED) is 0.762. The van der Waals surface area contributed by atoms with Crippen LogP contribution in [0.3, 0.4) is 0 Å². The number of nitrogens with two attached hydrogens (primary N) is 1. The van der Waals surface area contributed by atoms with Gasteiger partial charge in [0.1, 0.15) is 5.69 Å². The fourth-order valence-corrected chi connectivity index (χ4v) is 1.73. The molecule has 0 saturated heterocycles. The third kappa shape index (κ3) is 2.24. The minimum atomic E-state index is -0.865. The summed E-state index contributed by atoms with van der Waals surface area (Å²) in [6.07, 6.45) is 3.02. The first-order valence-corrected chi connectivity index (χ1v) is 5.33. The molecule has 0 fully saturated rings. The van der Waals surface area contributed by atoms with E-state index in [0.29, 0.717) is 17.9 Å². The maximum atomic E-state index is 12.3. The van der Waals surface area contributed by atoms with Crippen molar-refractivity contribution in [1.82, 2.24) is 9.78 Å². The summed E-state index contributed by atoms with van der Waals surface area (Å²) in [5, 5.41) is 4.00. The van der Waals surface area contributed by atoms with Gasteiger partial charge in [0.2, 0.25) is 5.78 Å². The van der Waals surface area contributed by atoms with E-state index < -0.39 is 5.54 Å². The van der Waals surface area contributed by atoms with Crippen molar-refractivity contribution in [1.29, 1.82) is 0 Å². The van der Waals surface area contributed by atoms with Gasteiger partial charge in [-0.25, -0.2) is 0 Å². The summed E-state index contributed by atoms with van der Waals surface area (Å²) in [6.45, 7) is 3.74. The molecule has 0 aliphatic rings. The van der Waals surface area contributed by atoms with Gasteiger partial charge in [0.05, 0.1) is 18.8 Å². The Labute approximate surface area is 95.6 Å². The number of Topliss-reactive ketones (excluding diaryl/α,β-unsaturated/α-hetero) is 1. The molecule has 0 spiro atoms. The summed E-state index contributed by atoms with van der Waals surface area (Å²) in [7, 11) is 3.22. The van der Waals surface area contributed by atoms with E-state index in [-0.39, 0.29) is 5.78 Å². The second-order valence-corrected chi connectivity index (χ2v) is 4.18. The summed E-state index contributed by atoms with van der Waals surface area (Å²) < 4.78 is 6.60. The zero-order valence-corrected chi connectivity index (χ0v) is 10.3. The van der Waals surface area contributed by atoms with E-state index in [1.165, 1.54) is 18.0 Å². The fourth-order valence-electron chi connectivity index (χ4n) is 1.73. The highest BCUT2D eigenvalue weighted by Gasteiger charge is 2.32. The Hall–Kier alpha value is -1.36. The van der Waals surface area contributed by atoms with Crippen LogP contribution in [0.5, 0.6) is 5.75 Å². The number of aryl methyl sites for hydroxylation is 1. The maximum absolute atomic E-state index is 12.3. The molecular formula is C11H19N3O2. The minimum absolute atomic E-state index is 0.133. The first-order valence-electron chi connectivity index (χ1n) is 5.33. The second kappa shape index (κ2) is 4.65. The first-order chi connectivity index (χ1) is 7.44. The molecule has 1 heterocycles. The maximum Gasteiger partial charge on any atom is 0.204 e. The molecule has 2 N–H and O–H groups in total. The van der Waals surface area contributed by atoms with Crippen LogP contribution in [0.1, 0.15) is 37.2 Å². The molecule has 0 saturated carbocycles. The van der Waals surface area contributed by atoms with Gasteiger partial charge in [-0.2, -0.15) is 5.10 Å². The molecule has 90 valence electrons. The number of carbonyl (C=O) groups is 1. The molecule has 1 aromatic rings. The van der Waals surface area contributed by atoms with Gasteiger partial charge in [0.15, 0.2) is 5.75 Å². The van der Waals surface area contributed by atoms with Crippen LogP contribution in [-0.2, 0) is 7.05 Å². The van der Waals surface area contributed by atoms with Crippen molar-refractivity contribution in [3.05, 3.63) is 11.9 Å².